The third-order valence-corrected chi connectivity index (χ3v) is 4.96. The van der Waals surface area contributed by atoms with Crippen LogP contribution < -0.4 is 5.32 Å². The van der Waals surface area contributed by atoms with Crippen LogP contribution in [0.25, 0.3) is 0 Å². The van der Waals surface area contributed by atoms with E-state index in [4.69, 9.17) is 47.4 Å². The molecule has 0 spiro atoms. The second-order valence-corrected chi connectivity index (χ2v) is 8.15. The average Bonchev–Trinajstić information content (AvgIpc) is 2.96. The molecule has 0 fully saturated rings. The molecule has 11 heteroatoms. The molecule has 39 heavy (non-hydrogen) atoms. The minimum atomic E-state index is 0.524. The van der Waals surface area contributed by atoms with Crippen LogP contribution in [-0.4, -0.2) is 139 Å². The topological polar surface area (TPSA) is 104 Å². The van der Waals surface area contributed by atoms with Crippen LogP contribution >= 0.6 is 0 Å². The van der Waals surface area contributed by atoms with Crippen molar-refractivity contribution in [1.82, 2.24) is 5.32 Å². The van der Waals surface area contributed by atoms with Crippen LogP contribution in [0.5, 0.6) is 0 Å². The van der Waals surface area contributed by atoms with Crippen LogP contribution in [0.15, 0.2) is 30.3 Å². The van der Waals surface area contributed by atoms with Gasteiger partial charge in [0.1, 0.15) is 0 Å². The van der Waals surface area contributed by atoms with Gasteiger partial charge in [-0.05, 0) is 12.6 Å². The van der Waals surface area contributed by atoms with Crippen LogP contribution in [0, 0.1) is 0 Å². The Kier molecular flexibility index (Phi) is 28.7. The van der Waals surface area contributed by atoms with Crippen molar-refractivity contribution in [2.45, 2.75) is 6.61 Å². The van der Waals surface area contributed by atoms with E-state index in [1.807, 2.05) is 37.4 Å². The Labute approximate surface area is 234 Å². The predicted octanol–water partition coefficient (Wildman–Crippen LogP) is 1.57. The van der Waals surface area contributed by atoms with E-state index in [2.05, 4.69) is 5.32 Å². The minimum Gasteiger partial charge on any atom is -0.378 e. The van der Waals surface area contributed by atoms with Crippen molar-refractivity contribution >= 4 is 0 Å². The van der Waals surface area contributed by atoms with E-state index in [0.717, 1.165) is 12.1 Å². The average molecular weight is 562 g/mol. The molecular weight excluding hydrogens is 510 g/mol. The number of ether oxygens (including phenoxy) is 10. The number of hydrogen-bond acceptors (Lipinski definition) is 11. The fraction of sp³-hybridized carbons (Fsp3) is 0.786. The fourth-order valence-electron chi connectivity index (χ4n) is 2.92. The summed E-state index contributed by atoms with van der Waals surface area (Å²) in [6, 6.07) is 10.1. The van der Waals surface area contributed by atoms with Crippen molar-refractivity contribution in [3.05, 3.63) is 35.9 Å². The normalized spacial score (nSPS) is 11.4. The third kappa shape index (κ3) is 28.1. The van der Waals surface area contributed by atoms with Crippen molar-refractivity contribution < 1.29 is 47.4 Å². The fourth-order valence-corrected chi connectivity index (χ4v) is 2.92. The van der Waals surface area contributed by atoms with E-state index < -0.39 is 0 Å². The molecule has 0 saturated carbocycles. The Hall–Kier alpha value is -1.22. The first kappa shape index (κ1) is 35.8. The summed E-state index contributed by atoms with van der Waals surface area (Å²) in [5, 5.41) is 3.02. The summed E-state index contributed by atoms with van der Waals surface area (Å²) < 4.78 is 54.6. The molecule has 0 aromatic heterocycles. The lowest BCUT2D eigenvalue weighted by molar-refractivity contribution is -0.0266. The highest BCUT2D eigenvalue weighted by Gasteiger charge is 1.96. The lowest BCUT2D eigenvalue weighted by Crippen LogP contribution is -2.17. The SMILES string of the molecule is CNCCOCCOCCOCCOCCOCCOCCOCCOCCOCCOCc1ccccc1. The number of nitrogens with one attached hydrogen (secondary N) is 1. The second-order valence-electron chi connectivity index (χ2n) is 8.15. The summed E-state index contributed by atoms with van der Waals surface area (Å²) in [7, 11) is 1.90. The van der Waals surface area contributed by atoms with Crippen LogP contribution in [0.4, 0.5) is 0 Å². The van der Waals surface area contributed by atoms with Crippen molar-refractivity contribution in [2.75, 3.05) is 139 Å². The molecule has 0 saturated heterocycles. The van der Waals surface area contributed by atoms with E-state index in [0.29, 0.717) is 132 Å². The lowest BCUT2D eigenvalue weighted by atomic mass is 10.2. The summed E-state index contributed by atoms with van der Waals surface area (Å²) in [6.45, 7) is 11.9. The molecule has 0 aliphatic heterocycles. The molecule has 1 aromatic rings. The first-order valence-electron chi connectivity index (χ1n) is 13.9. The summed E-state index contributed by atoms with van der Waals surface area (Å²) in [4.78, 5) is 0. The van der Waals surface area contributed by atoms with E-state index in [-0.39, 0.29) is 0 Å². The maximum absolute atomic E-state index is 5.56. The summed E-state index contributed by atoms with van der Waals surface area (Å²) in [5.41, 5.74) is 1.16. The third-order valence-electron chi connectivity index (χ3n) is 4.96. The molecule has 0 radical (unpaired) electrons. The summed E-state index contributed by atoms with van der Waals surface area (Å²) in [6.07, 6.45) is 0. The van der Waals surface area contributed by atoms with Crippen molar-refractivity contribution in [3.63, 3.8) is 0 Å². The molecule has 0 aliphatic rings. The Bertz CT molecular complexity index is 585. The minimum absolute atomic E-state index is 0.524. The first-order chi connectivity index (χ1) is 19.4. The smallest absolute Gasteiger partial charge is 0.0718 e. The molecule has 0 bridgehead atoms. The zero-order chi connectivity index (χ0) is 27.7. The monoisotopic (exact) mass is 561 g/mol. The predicted molar refractivity (Wildman–Crippen MR) is 147 cm³/mol. The van der Waals surface area contributed by atoms with E-state index in [9.17, 15) is 0 Å². The molecule has 0 heterocycles. The lowest BCUT2D eigenvalue weighted by Gasteiger charge is -2.09. The maximum atomic E-state index is 5.56. The Morgan fingerprint density at radius 1 is 0.385 bits per heavy atom. The number of benzene rings is 1. The maximum Gasteiger partial charge on any atom is 0.0718 e. The van der Waals surface area contributed by atoms with Gasteiger partial charge in [0.2, 0.25) is 0 Å². The first-order valence-corrected chi connectivity index (χ1v) is 13.9. The molecule has 228 valence electrons. The summed E-state index contributed by atoms with van der Waals surface area (Å²) in [5.74, 6) is 0. The van der Waals surface area contributed by atoms with Gasteiger partial charge in [-0.15, -0.1) is 0 Å². The highest BCUT2D eigenvalue weighted by molar-refractivity contribution is 5.13. The second kappa shape index (κ2) is 31.3. The van der Waals surface area contributed by atoms with Gasteiger partial charge >= 0.3 is 0 Å². The summed E-state index contributed by atoms with van der Waals surface area (Å²) >= 11 is 0. The van der Waals surface area contributed by atoms with E-state index >= 15 is 0 Å². The number of hydrogen-bond donors (Lipinski definition) is 1. The highest BCUT2D eigenvalue weighted by Crippen LogP contribution is 2.00. The van der Waals surface area contributed by atoms with Gasteiger partial charge < -0.3 is 52.7 Å². The van der Waals surface area contributed by atoms with Crippen molar-refractivity contribution in [2.24, 2.45) is 0 Å². The standard InChI is InChI=1S/C28H51NO10/c1-29-7-8-30-9-10-31-11-12-32-13-14-33-15-16-34-17-18-35-19-20-36-21-22-37-23-24-38-25-26-39-27-28-5-3-2-4-6-28/h2-6,29H,7-27H2,1H3. The van der Waals surface area contributed by atoms with Gasteiger partial charge in [0.05, 0.1) is 132 Å². The van der Waals surface area contributed by atoms with Crippen LogP contribution in [0.1, 0.15) is 5.56 Å². The Morgan fingerprint density at radius 2 is 0.667 bits per heavy atom. The molecule has 1 N–H and O–H groups in total. The van der Waals surface area contributed by atoms with Crippen molar-refractivity contribution in [1.29, 1.82) is 0 Å². The van der Waals surface area contributed by atoms with Gasteiger partial charge in [0.25, 0.3) is 0 Å². The van der Waals surface area contributed by atoms with Gasteiger partial charge in [-0.2, -0.15) is 0 Å². The van der Waals surface area contributed by atoms with Gasteiger partial charge in [-0.1, -0.05) is 30.3 Å². The number of rotatable bonds is 32. The molecular formula is C28H51NO10. The molecule has 0 unspecified atom stereocenters. The Balaban J connectivity index is 1.62. The van der Waals surface area contributed by atoms with Gasteiger partial charge in [0, 0.05) is 6.54 Å². The van der Waals surface area contributed by atoms with E-state index in [1.54, 1.807) is 0 Å². The zero-order valence-corrected chi connectivity index (χ0v) is 23.8. The highest BCUT2D eigenvalue weighted by atomic mass is 16.6. The van der Waals surface area contributed by atoms with Gasteiger partial charge in [-0.25, -0.2) is 0 Å². The molecule has 0 atom stereocenters. The largest absolute Gasteiger partial charge is 0.378 e. The van der Waals surface area contributed by atoms with Gasteiger partial charge in [0.15, 0.2) is 0 Å². The van der Waals surface area contributed by atoms with Gasteiger partial charge in [-0.3, -0.25) is 0 Å². The molecule has 1 aromatic carbocycles. The zero-order valence-electron chi connectivity index (χ0n) is 23.8. The molecule has 0 amide bonds. The number of likely N-dealkylation sites (N-methyl/N-ethyl adjacent to an activating group) is 1. The molecule has 11 nitrogen and oxygen atoms in total. The van der Waals surface area contributed by atoms with E-state index in [1.165, 1.54) is 0 Å². The molecule has 0 aliphatic carbocycles. The molecule has 1 rings (SSSR count). The Morgan fingerprint density at radius 3 is 0.974 bits per heavy atom. The van der Waals surface area contributed by atoms with Crippen LogP contribution in [0.3, 0.4) is 0 Å². The van der Waals surface area contributed by atoms with Crippen LogP contribution in [0.2, 0.25) is 0 Å². The quantitative estimate of drug-likeness (QED) is 0.130. The van der Waals surface area contributed by atoms with Crippen LogP contribution in [-0.2, 0) is 54.0 Å². The van der Waals surface area contributed by atoms with Crippen molar-refractivity contribution in [3.8, 4) is 0 Å².